The van der Waals surface area contributed by atoms with Gasteiger partial charge < -0.3 is 0 Å². The zero-order valence-corrected chi connectivity index (χ0v) is 15.6. The number of nitrogens with one attached hydrogen (secondary N) is 1. The second-order valence-electron chi connectivity index (χ2n) is 5.55. The van der Waals surface area contributed by atoms with E-state index in [1.54, 1.807) is 24.3 Å². The number of rotatable bonds is 4. The molecule has 0 fully saturated rings. The van der Waals surface area contributed by atoms with Crippen LogP contribution < -0.4 is 10.2 Å². The van der Waals surface area contributed by atoms with Crippen LogP contribution in [0, 0.1) is 6.92 Å². The summed E-state index contributed by atoms with van der Waals surface area (Å²) in [6.45, 7) is 2.00. The van der Waals surface area contributed by atoms with Crippen LogP contribution in [-0.2, 0) is 0 Å². The topological polar surface area (TPSA) is 63.5 Å². The van der Waals surface area contributed by atoms with Crippen molar-refractivity contribution in [2.24, 2.45) is 5.10 Å². The van der Waals surface area contributed by atoms with Gasteiger partial charge in [0.1, 0.15) is 5.88 Å². The molecule has 1 amide bonds. The van der Waals surface area contributed by atoms with Gasteiger partial charge in [0, 0.05) is 10.9 Å². The minimum Gasteiger partial charge on any atom is -0.273 e. The number of thiazole rings is 1. The predicted molar refractivity (Wildman–Crippen MR) is 103 cm³/mol. The molecule has 1 aromatic heterocycles. The molecule has 1 heterocycles. The Bertz CT molecular complexity index is 992. The van der Waals surface area contributed by atoms with Crippen molar-refractivity contribution in [1.82, 2.24) is 9.99 Å². The highest BCUT2D eigenvalue weighted by molar-refractivity contribution is 7.07. The largest absolute Gasteiger partial charge is 0.273 e. The zero-order valence-electron chi connectivity index (χ0n) is 14.0. The summed E-state index contributed by atoms with van der Waals surface area (Å²) in [5, 5.41) is 5.94. The molecule has 5 nitrogen and oxygen atoms in total. The molecular weight excluding hydrogens is 370 g/mol. The molecule has 1 N–H and O–H groups in total. The quantitative estimate of drug-likeness (QED) is 0.550. The second-order valence-corrected chi connectivity index (χ2v) is 6.65. The summed E-state index contributed by atoms with van der Waals surface area (Å²) in [6, 6.07) is 16.5. The molecule has 0 spiro atoms. The van der Waals surface area contributed by atoms with Crippen molar-refractivity contribution in [3.8, 4) is 11.3 Å². The lowest BCUT2D eigenvalue weighted by Crippen LogP contribution is -2.29. The number of alkyl halides is 1. The van der Waals surface area contributed by atoms with Crippen molar-refractivity contribution in [3.63, 3.8) is 0 Å². The predicted octanol–water partition coefficient (Wildman–Crippen LogP) is 3.65. The van der Waals surface area contributed by atoms with Gasteiger partial charge in [0.25, 0.3) is 5.91 Å². The summed E-state index contributed by atoms with van der Waals surface area (Å²) in [4.78, 5) is 24.9. The number of aryl methyl sites for hydroxylation is 1. The van der Waals surface area contributed by atoms with Gasteiger partial charge >= 0.3 is 0 Å². The van der Waals surface area contributed by atoms with Crippen LogP contribution in [0.4, 0.5) is 0 Å². The highest BCUT2D eigenvalue weighted by Gasteiger charge is 2.14. The van der Waals surface area contributed by atoms with Gasteiger partial charge in [-0.15, -0.1) is 28.0 Å². The van der Waals surface area contributed by atoms with E-state index in [1.807, 2.05) is 42.6 Å². The Hall–Kier alpha value is -2.70. The smallest absolute Gasteiger partial charge is 0.271 e. The number of carbonyl (C=O) groups is 2. The molecule has 3 rings (SSSR count). The van der Waals surface area contributed by atoms with Crippen LogP contribution in [0.3, 0.4) is 0 Å². The van der Waals surface area contributed by atoms with Crippen LogP contribution in [0.15, 0.2) is 65.1 Å². The van der Waals surface area contributed by atoms with Crippen molar-refractivity contribution in [2.45, 2.75) is 6.92 Å². The average Bonchev–Trinajstić information content (AvgIpc) is 3.10. The van der Waals surface area contributed by atoms with E-state index >= 15 is 0 Å². The summed E-state index contributed by atoms with van der Waals surface area (Å²) >= 11 is 7.02. The van der Waals surface area contributed by atoms with E-state index in [0.29, 0.717) is 16.1 Å². The maximum absolute atomic E-state index is 12.3. The van der Waals surface area contributed by atoms with Gasteiger partial charge in [-0.3, -0.25) is 14.2 Å². The van der Waals surface area contributed by atoms with Crippen LogP contribution in [0.25, 0.3) is 11.3 Å². The van der Waals surface area contributed by atoms with Crippen molar-refractivity contribution in [3.05, 3.63) is 75.9 Å². The maximum atomic E-state index is 12.3. The van der Waals surface area contributed by atoms with E-state index in [1.165, 1.54) is 15.9 Å². The first kappa shape index (κ1) is 18.1. The van der Waals surface area contributed by atoms with E-state index < -0.39 is 0 Å². The number of nitrogens with zero attached hydrogens (tertiary/aromatic N) is 2. The van der Waals surface area contributed by atoms with Gasteiger partial charge in [-0.1, -0.05) is 48.0 Å². The first-order valence-electron chi connectivity index (χ1n) is 7.86. The Morgan fingerprint density at radius 1 is 1.12 bits per heavy atom. The molecule has 0 saturated carbocycles. The van der Waals surface area contributed by atoms with Crippen molar-refractivity contribution in [2.75, 3.05) is 5.88 Å². The lowest BCUT2D eigenvalue weighted by molar-refractivity contribution is 0.0926. The first-order chi connectivity index (χ1) is 12.6. The van der Waals surface area contributed by atoms with Gasteiger partial charge in [0.2, 0.25) is 10.7 Å². The summed E-state index contributed by atoms with van der Waals surface area (Å²) in [6.07, 6.45) is 0. The number of hydrogen-bond acceptors (Lipinski definition) is 4. The number of amides is 1. The van der Waals surface area contributed by atoms with Crippen LogP contribution in [0.1, 0.15) is 20.7 Å². The van der Waals surface area contributed by atoms with Crippen molar-refractivity contribution in [1.29, 1.82) is 0 Å². The number of carbonyl (C=O) groups excluding carboxylic acids is 2. The Balaban J connectivity index is 1.98. The Labute approximate surface area is 159 Å². The Morgan fingerprint density at radius 3 is 2.46 bits per heavy atom. The van der Waals surface area contributed by atoms with Crippen LogP contribution in [0.2, 0.25) is 0 Å². The van der Waals surface area contributed by atoms with E-state index in [2.05, 4.69) is 10.5 Å². The monoisotopic (exact) mass is 385 g/mol. The molecule has 3 aromatic rings. The van der Waals surface area contributed by atoms with E-state index in [-0.39, 0.29) is 17.7 Å². The standard InChI is InChI=1S/C19H16ClN3O2S/c1-13-7-9-14(10-8-13)16-12-26-19(23(16)17(24)11-20)22-21-18(25)15-5-3-2-4-6-15/h2-10,12H,11H2,1H3,(H,21,25). The fourth-order valence-corrected chi connectivity index (χ4v) is 3.35. The molecule has 132 valence electrons. The van der Waals surface area contributed by atoms with Crippen LogP contribution >= 0.6 is 22.9 Å². The summed E-state index contributed by atoms with van der Waals surface area (Å²) in [5.41, 5.74) is 5.67. The van der Waals surface area contributed by atoms with Gasteiger partial charge in [0.15, 0.2) is 0 Å². The van der Waals surface area contributed by atoms with E-state index in [0.717, 1.165) is 11.1 Å². The zero-order chi connectivity index (χ0) is 18.5. The Kier molecular flexibility index (Phi) is 5.65. The van der Waals surface area contributed by atoms with Gasteiger partial charge in [-0.05, 0) is 24.6 Å². The van der Waals surface area contributed by atoms with Crippen molar-refractivity contribution >= 4 is 34.8 Å². The number of halogens is 1. The molecule has 0 aliphatic heterocycles. The van der Waals surface area contributed by atoms with Gasteiger partial charge in [0.05, 0.1) is 5.69 Å². The molecule has 0 unspecified atom stereocenters. The third-order valence-electron chi connectivity index (χ3n) is 3.71. The number of hydrogen-bond donors (Lipinski definition) is 1. The Morgan fingerprint density at radius 2 is 1.81 bits per heavy atom. The van der Waals surface area contributed by atoms with Crippen LogP contribution in [-0.4, -0.2) is 22.3 Å². The minimum absolute atomic E-state index is 0.185. The summed E-state index contributed by atoms with van der Waals surface area (Å²) in [7, 11) is 0. The fraction of sp³-hybridized carbons (Fsp3) is 0.105. The molecule has 0 radical (unpaired) electrons. The molecule has 0 aliphatic carbocycles. The molecule has 0 saturated heterocycles. The molecule has 26 heavy (non-hydrogen) atoms. The molecule has 0 bridgehead atoms. The molecule has 0 atom stereocenters. The maximum Gasteiger partial charge on any atom is 0.271 e. The normalized spacial score (nSPS) is 11.4. The number of benzene rings is 2. The van der Waals surface area contributed by atoms with E-state index in [9.17, 15) is 9.59 Å². The van der Waals surface area contributed by atoms with Gasteiger partial charge in [-0.25, -0.2) is 5.43 Å². The third-order valence-corrected chi connectivity index (χ3v) is 4.76. The third kappa shape index (κ3) is 3.92. The highest BCUT2D eigenvalue weighted by atomic mass is 35.5. The van der Waals surface area contributed by atoms with Crippen molar-refractivity contribution < 1.29 is 9.59 Å². The lowest BCUT2D eigenvalue weighted by atomic mass is 10.1. The molecule has 2 aromatic carbocycles. The fourth-order valence-electron chi connectivity index (χ4n) is 2.37. The highest BCUT2D eigenvalue weighted by Crippen LogP contribution is 2.20. The summed E-state index contributed by atoms with van der Waals surface area (Å²) in [5.74, 6) is -0.841. The molecule has 7 heteroatoms. The number of aromatic nitrogens is 1. The van der Waals surface area contributed by atoms with Gasteiger partial charge in [-0.2, -0.15) is 0 Å². The molecule has 0 aliphatic rings. The van der Waals surface area contributed by atoms with Crippen LogP contribution in [0.5, 0.6) is 0 Å². The summed E-state index contributed by atoms with van der Waals surface area (Å²) < 4.78 is 1.42. The SMILES string of the molecule is Cc1ccc(-c2csc(=NNC(=O)c3ccccc3)n2C(=O)CCl)cc1. The minimum atomic E-state index is -0.347. The second kappa shape index (κ2) is 8.12. The lowest BCUT2D eigenvalue weighted by Gasteiger charge is -2.06. The van der Waals surface area contributed by atoms with E-state index in [4.69, 9.17) is 11.6 Å². The first-order valence-corrected chi connectivity index (χ1v) is 9.27. The average molecular weight is 386 g/mol. The molecular formula is C19H16ClN3O2S.